The lowest BCUT2D eigenvalue weighted by molar-refractivity contribution is 0.795. The number of nitrogens with zero attached hydrogens (tertiary/aromatic N) is 3. The van der Waals surface area contributed by atoms with Crippen molar-refractivity contribution in [3.05, 3.63) is 103 Å². The van der Waals surface area contributed by atoms with Crippen molar-refractivity contribution < 1.29 is 0 Å². The van der Waals surface area contributed by atoms with Crippen LogP contribution in [0.4, 0.5) is 0 Å². The van der Waals surface area contributed by atoms with Gasteiger partial charge in [0.25, 0.3) is 0 Å². The Bertz CT molecular complexity index is 1880. The zero-order valence-corrected chi connectivity index (χ0v) is 20.9. The summed E-state index contributed by atoms with van der Waals surface area (Å²) in [6.45, 7) is 2.24. The Balaban J connectivity index is 1.34. The van der Waals surface area contributed by atoms with Gasteiger partial charge in [0.2, 0.25) is 0 Å². The first-order chi connectivity index (χ1) is 17.8. The topological polar surface area (TPSA) is 30.2 Å². The number of aryl methyl sites for hydroxylation is 1. The zero-order chi connectivity index (χ0) is 24.1. The number of unbranched alkanes of at least 4 members (excludes halogenated alkanes) is 1. The average molecular weight is 484 g/mol. The highest BCUT2D eigenvalue weighted by atomic mass is 32.1. The summed E-state index contributed by atoms with van der Waals surface area (Å²) in [7, 11) is 0. The number of fused-ring (bicyclic) bond motifs is 6. The van der Waals surface area contributed by atoms with E-state index in [1.807, 2.05) is 11.3 Å². The molecular weight excluding hydrogens is 458 g/mol. The number of thiophene rings is 1. The van der Waals surface area contributed by atoms with Gasteiger partial charge in [-0.05, 0) is 41.0 Å². The molecule has 7 rings (SSSR count). The van der Waals surface area contributed by atoms with Crippen LogP contribution in [0.25, 0.3) is 59.1 Å². The molecule has 0 bridgehead atoms. The largest absolute Gasteiger partial charge is 0.282 e. The van der Waals surface area contributed by atoms with Gasteiger partial charge in [0, 0.05) is 37.3 Å². The molecule has 0 aliphatic rings. The van der Waals surface area contributed by atoms with Crippen LogP contribution in [-0.2, 0) is 6.42 Å². The molecule has 174 valence electrons. The number of hydrogen-bond donors (Lipinski definition) is 0. The number of hydrogen-bond acceptors (Lipinski definition) is 3. The molecule has 0 fully saturated rings. The second-order valence-electron chi connectivity index (χ2n) is 9.38. The van der Waals surface area contributed by atoms with E-state index in [2.05, 4.69) is 119 Å². The molecule has 0 aliphatic heterocycles. The van der Waals surface area contributed by atoms with Crippen molar-refractivity contribution in [2.24, 2.45) is 0 Å². The minimum Gasteiger partial charge on any atom is -0.282 e. The van der Waals surface area contributed by atoms with Gasteiger partial charge in [-0.25, -0.2) is 0 Å². The van der Waals surface area contributed by atoms with Crippen molar-refractivity contribution in [2.75, 3.05) is 0 Å². The molecule has 4 heteroatoms. The Hall–Kier alpha value is -4.02. The first-order valence-corrected chi connectivity index (χ1v) is 13.4. The van der Waals surface area contributed by atoms with Crippen molar-refractivity contribution >= 4 is 47.9 Å². The standard InChI is InChI=1S/C32H25N3S/c1-2-3-9-23-20-35-31(33-34-32(35)28-12-5-4-10-24(23)28)22-18-16-21(17-19-22)25-13-8-14-27-26-11-6-7-15-29(26)36-30(25)27/h4-8,10-20H,2-3,9H2,1H3. The number of aromatic nitrogens is 3. The third-order valence-corrected chi connectivity index (χ3v) is 8.37. The van der Waals surface area contributed by atoms with Gasteiger partial charge in [0.05, 0.1) is 0 Å². The highest BCUT2D eigenvalue weighted by Gasteiger charge is 2.15. The minimum absolute atomic E-state index is 0.889. The van der Waals surface area contributed by atoms with Crippen LogP contribution in [0.15, 0.2) is 97.2 Å². The summed E-state index contributed by atoms with van der Waals surface area (Å²) < 4.78 is 4.85. The molecule has 0 spiro atoms. The van der Waals surface area contributed by atoms with E-state index in [4.69, 9.17) is 0 Å². The molecule has 3 aromatic heterocycles. The van der Waals surface area contributed by atoms with E-state index in [0.29, 0.717) is 0 Å². The number of rotatable bonds is 5. The van der Waals surface area contributed by atoms with Crippen LogP contribution >= 0.6 is 11.3 Å². The van der Waals surface area contributed by atoms with E-state index in [-0.39, 0.29) is 0 Å². The van der Waals surface area contributed by atoms with Crippen molar-refractivity contribution in [3.8, 4) is 22.5 Å². The fraction of sp³-hybridized carbons (Fsp3) is 0.125. The molecule has 4 aromatic carbocycles. The second kappa shape index (κ2) is 8.58. The molecule has 0 atom stereocenters. The summed E-state index contributed by atoms with van der Waals surface area (Å²) in [6.07, 6.45) is 5.65. The molecule has 0 amide bonds. The fourth-order valence-corrected chi connectivity index (χ4v) is 6.56. The molecular formula is C32H25N3S. The normalized spacial score (nSPS) is 11.8. The van der Waals surface area contributed by atoms with Gasteiger partial charge in [-0.3, -0.25) is 4.40 Å². The molecule has 0 unspecified atom stereocenters. The Labute approximate surface area is 213 Å². The van der Waals surface area contributed by atoms with Crippen LogP contribution in [0, 0.1) is 0 Å². The molecule has 7 aromatic rings. The average Bonchev–Trinajstić information content (AvgIpc) is 3.53. The highest BCUT2D eigenvalue weighted by molar-refractivity contribution is 7.26. The van der Waals surface area contributed by atoms with Gasteiger partial charge in [-0.2, -0.15) is 0 Å². The zero-order valence-electron chi connectivity index (χ0n) is 20.1. The summed E-state index contributed by atoms with van der Waals surface area (Å²) in [6, 6.07) is 32.6. The molecule has 0 aliphatic carbocycles. The Kier molecular flexibility index (Phi) is 5.07. The fourth-order valence-electron chi connectivity index (χ4n) is 5.32. The molecule has 3 nitrogen and oxygen atoms in total. The Morgan fingerprint density at radius 3 is 2.25 bits per heavy atom. The molecule has 0 saturated carbocycles. The summed E-state index contributed by atoms with van der Waals surface area (Å²) in [5.74, 6) is 0.889. The van der Waals surface area contributed by atoms with E-state index in [1.165, 1.54) is 55.1 Å². The van der Waals surface area contributed by atoms with Crippen LogP contribution in [0.3, 0.4) is 0 Å². The van der Waals surface area contributed by atoms with E-state index >= 15 is 0 Å². The summed E-state index contributed by atoms with van der Waals surface area (Å²) in [5.41, 5.74) is 5.85. The minimum atomic E-state index is 0.889. The van der Waals surface area contributed by atoms with Crippen LogP contribution in [0.5, 0.6) is 0 Å². The van der Waals surface area contributed by atoms with Gasteiger partial charge in [0.1, 0.15) is 0 Å². The van der Waals surface area contributed by atoms with Gasteiger partial charge < -0.3 is 0 Å². The predicted molar refractivity (Wildman–Crippen MR) is 153 cm³/mol. The first kappa shape index (κ1) is 21.3. The molecule has 0 saturated heterocycles. The van der Waals surface area contributed by atoms with E-state index in [1.54, 1.807) is 0 Å². The summed E-state index contributed by atoms with van der Waals surface area (Å²) in [4.78, 5) is 0. The maximum absolute atomic E-state index is 4.63. The molecule has 36 heavy (non-hydrogen) atoms. The van der Waals surface area contributed by atoms with Gasteiger partial charge in [-0.1, -0.05) is 98.3 Å². The summed E-state index contributed by atoms with van der Waals surface area (Å²) >= 11 is 1.87. The predicted octanol–water partition coefficient (Wildman–Crippen LogP) is 8.93. The maximum atomic E-state index is 4.63. The third kappa shape index (κ3) is 3.33. The van der Waals surface area contributed by atoms with E-state index in [9.17, 15) is 0 Å². The molecule has 0 radical (unpaired) electrons. The lowest BCUT2D eigenvalue weighted by atomic mass is 10.0. The monoisotopic (exact) mass is 483 g/mol. The van der Waals surface area contributed by atoms with Crippen LogP contribution in [0.2, 0.25) is 0 Å². The number of pyridine rings is 1. The van der Waals surface area contributed by atoms with Crippen LogP contribution in [0.1, 0.15) is 25.3 Å². The van der Waals surface area contributed by atoms with Crippen LogP contribution in [-0.4, -0.2) is 14.6 Å². The quantitative estimate of drug-likeness (QED) is 0.245. The van der Waals surface area contributed by atoms with Crippen molar-refractivity contribution in [3.63, 3.8) is 0 Å². The maximum Gasteiger partial charge on any atom is 0.168 e. The Morgan fingerprint density at radius 2 is 1.42 bits per heavy atom. The van der Waals surface area contributed by atoms with E-state index in [0.717, 1.165) is 28.8 Å². The smallest absolute Gasteiger partial charge is 0.168 e. The van der Waals surface area contributed by atoms with Crippen LogP contribution < -0.4 is 0 Å². The Morgan fingerprint density at radius 1 is 0.694 bits per heavy atom. The highest BCUT2D eigenvalue weighted by Crippen LogP contribution is 2.40. The lowest BCUT2D eigenvalue weighted by Gasteiger charge is -2.10. The van der Waals surface area contributed by atoms with Crippen molar-refractivity contribution in [2.45, 2.75) is 26.2 Å². The first-order valence-electron chi connectivity index (χ1n) is 12.6. The van der Waals surface area contributed by atoms with Crippen molar-refractivity contribution in [1.29, 1.82) is 0 Å². The van der Waals surface area contributed by atoms with Gasteiger partial charge >= 0.3 is 0 Å². The number of benzene rings is 4. The van der Waals surface area contributed by atoms with Gasteiger partial charge in [-0.15, -0.1) is 21.5 Å². The van der Waals surface area contributed by atoms with E-state index < -0.39 is 0 Å². The second-order valence-corrected chi connectivity index (χ2v) is 10.4. The van der Waals surface area contributed by atoms with Gasteiger partial charge in [0.15, 0.2) is 11.5 Å². The summed E-state index contributed by atoms with van der Waals surface area (Å²) in [5, 5.41) is 14.3. The molecule has 0 N–H and O–H groups in total. The molecule has 3 heterocycles. The van der Waals surface area contributed by atoms with Crippen molar-refractivity contribution in [1.82, 2.24) is 14.6 Å². The third-order valence-electron chi connectivity index (χ3n) is 7.15. The lowest BCUT2D eigenvalue weighted by Crippen LogP contribution is -1.96. The SMILES string of the molecule is CCCCc1cn2c(-c3ccc(-c4cccc5c4sc4ccccc45)cc3)nnc2c2ccccc12.